The van der Waals surface area contributed by atoms with Crippen LogP contribution in [0, 0.1) is 0 Å². The number of aryl methyl sites for hydroxylation is 1. The first-order chi connectivity index (χ1) is 10.7. The maximum absolute atomic E-state index is 6.01. The molecule has 0 atom stereocenters. The minimum absolute atomic E-state index is 0.753. The molecule has 0 fully saturated rings. The van der Waals surface area contributed by atoms with Crippen molar-refractivity contribution < 1.29 is 0 Å². The lowest BCUT2D eigenvalue weighted by molar-refractivity contribution is 0.660. The second-order valence-electron chi connectivity index (χ2n) is 4.87. The fourth-order valence-electron chi connectivity index (χ4n) is 2.12. The van der Waals surface area contributed by atoms with Gasteiger partial charge in [0.15, 0.2) is 11.0 Å². The highest BCUT2D eigenvalue weighted by Crippen LogP contribution is 2.25. The maximum atomic E-state index is 6.01. The fraction of sp³-hybridized carbons (Fsp3) is 0.267. The van der Waals surface area contributed by atoms with Crippen molar-refractivity contribution in [1.29, 1.82) is 0 Å². The first-order valence-electron chi connectivity index (χ1n) is 6.97. The standard InChI is InChI=1S/C15H16ClN5S/c1-3-21-9-12(8-17-21)14-18-19-15(20(14)2)22-10-11-5-4-6-13(16)7-11/h4-9H,3,10H2,1-2H3. The number of nitrogens with zero attached hydrogens (tertiary/aromatic N) is 5. The van der Waals surface area contributed by atoms with E-state index in [9.17, 15) is 0 Å². The van der Waals surface area contributed by atoms with E-state index in [1.165, 1.54) is 5.56 Å². The summed E-state index contributed by atoms with van der Waals surface area (Å²) >= 11 is 7.65. The molecular formula is C15H16ClN5S. The Labute approximate surface area is 138 Å². The molecule has 3 aromatic rings. The molecule has 22 heavy (non-hydrogen) atoms. The van der Waals surface area contributed by atoms with E-state index in [1.54, 1.807) is 11.8 Å². The van der Waals surface area contributed by atoms with E-state index >= 15 is 0 Å². The van der Waals surface area contributed by atoms with Gasteiger partial charge in [-0.25, -0.2) is 0 Å². The van der Waals surface area contributed by atoms with Crippen molar-refractivity contribution in [2.24, 2.45) is 7.05 Å². The zero-order chi connectivity index (χ0) is 15.5. The van der Waals surface area contributed by atoms with Gasteiger partial charge in [0.2, 0.25) is 0 Å². The van der Waals surface area contributed by atoms with E-state index in [2.05, 4.69) is 28.3 Å². The molecule has 0 aliphatic carbocycles. The molecule has 3 rings (SSSR count). The second kappa shape index (κ2) is 6.54. The molecule has 2 heterocycles. The van der Waals surface area contributed by atoms with Crippen LogP contribution >= 0.6 is 23.4 Å². The first kappa shape index (κ1) is 15.1. The summed E-state index contributed by atoms with van der Waals surface area (Å²) in [5.74, 6) is 1.63. The van der Waals surface area contributed by atoms with Crippen molar-refractivity contribution in [3.05, 3.63) is 47.2 Å². The molecule has 7 heteroatoms. The predicted molar refractivity (Wildman–Crippen MR) is 88.9 cm³/mol. The van der Waals surface area contributed by atoms with Gasteiger partial charge in [0.25, 0.3) is 0 Å². The van der Waals surface area contributed by atoms with Crippen molar-refractivity contribution in [2.75, 3.05) is 0 Å². The lowest BCUT2D eigenvalue weighted by atomic mass is 10.2. The average Bonchev–Trinajstić information content (AvgIpc) is 3.12. The Bertz CT molecular complexity index is 780. The fourth-order valence-corrected chi connectivity index (χ4v) is 3.19. The Kier molecular flexibility index (Phi) is 4.49. The van der Waals surface area contributed by atoms with E-state index in [1.807, 2.05) is 46.9 Å². The van der Waals surface area contributed by atoms with Gasteiger partial charge in [0.05, 0.1) is 11.8 Å². The zero-order valence-electron chi connectivity index (χ0n) is 12.4. The van der Waals surface area contributed by atoms with Crippen molar-refractivity contribution in [1.82, 2.24) is 24.5 Å². The van der Waals surface area contributed by atoms with Crippen LogP contribution in [0.2, 0.25) is 5.02 Å². The van der Waals surface area contributed by atoms with Crippen LogP contribution in [0.1, 0.15) is 12.5 Å². The molecule has 1 aromatic carbocycles. The van der Waals surface area contributed by atoms with Crippen LogP contribution in [-0.2, 0) is 19.3 Å². The zero-order valence-corrected chi connectivity index (χ0v) is 14.0. The Balaban J connectivity index is 1.76. The lowest BCUT2D eigenvalue weighted by Gasteiger charge is -2.03. The highest BCUT2D eigenvalue weighted by Gasteiger charge is 2.13. The molecule has 0 bridgehead atoms. The SMILES string of the molecule is CCn1cc(-c2nnc(SCc3cccc(Cl)c3)n2C)cn1. The van der Waals surface area contributed by atoms with Crippen LogP contribution in [0.15, 0.2) is 41.8 Å². The van der Waals surface area contributed by atoms with Crippen LogP contribution in [0.4, 0.5) is 0 Å². The molecule has 114 valence electrons. The van der Waals surface area contributed by atoms with Gasteiger partial charge in [0, 0.05) is 30.6 Å². The highest BCUT2D eigenvalue weighted by atomic mass is 35.5. The van der Waals surface area contributed by atoms with Gasteiger partial charge in [0.1, 0.15) is 0 Å². The minimum Gasteiger partial charge on any atom is -0.305 e. The topological polar surface area (TPSA) is 48.5 Å². The lowest BCUT2D eigenvalue weighted by Crippen LogP contribution is -1.95. The molecule has 0 radical (unpaired) electrons. The van der Waals surface area contributed by atoms with Gasteiger partial charge in [-0.2, -0.15) is 5.10 Å². The number of rotatable bonds is 5. The van der Waals surface area contributed by atoms with Crippen LogP contribution in [0.5, 0.6) is 0 Å². The van der Waals surface area contributed by atoms with Gasteiger partial charge in [-0.1, -0.05) is 35.5 Å². The Hall–Kier alpha value is -1.79. The van der Waals surface area contributed by atoms with Crippen molar-refractivity contribution >= 4 is 23.4 Å². The summed E-state index contributed by atoms with van der Waals surface area (Å²) in [7, 11) is 1.97. The Morgan fingerprint density at radius 1 is 1.27 bits per heavy atom. The summed E-state index contributed by atoms with van der Waals surface area (Å²) in [4.78, 5) is 0. The third-order valence-corrected chi connectivity index (χ3v) is 4.63. The summed E-state index contributed by atoms with van der Waals surface area (Å²) in [6, 6.07) is 7.86. The maximum Gasteiger partial charge on any atom is 0.191 e. The first-order valence-corrected chi connectivity index (χ1v) is 8.33. The van der Waals surface area contributed by atoms with E-state index in [4.69, 9.17) is 11.6 Å². The van der Waals surface area contributed by atoms with Gasteiger partial charge in [-0.15, -0.1) is 10.2 Å². The smallest absolute Gasteiger partial charge is 0.191 e. The molecule has 0 saturated heterocycles. The number of thioether (sulfide) groups is 1. The van der Waals surface area contributed by atoms with E-state index in [0.717, 1.165) is 33.9 Å². The average molecular weight is 334 g/mol. The summed E-state index contributed by atoms with van der Waals surface area (Å²) in [6.07, 6.45) is 3.80. The molecule has 0 saturated carbocycles. The number of hydrogen-bond acceptors (Lipinski definition) is 4. The molecular weight excluding hydrogens is 318 g/mol. The summed E-state index contributed by atoms with van der Waals surface area (Å²) in [6.45, 7) is 2.90. The second-order valence-corrected chi connectivity index (χ2v) is 6.25. The van der Waals surface area contributed by atoms with Gasteiger partial charge in [-0.3, -0.25) is 4.68 Å². The largest absolute Gasteiger partial charge is 0.305 e. The van der Waals surface area contributed by atoms with Crippen LogP contribution in [-0.4, -0.2) is 24.5 Å². The Morgan fingerprint density at radius 2 is 2.14 bits per heavy atom. The molecule has 0 amide bonds. The third-order valence-electron chi connectivity index (χ3n) is 3.31. The molecule has 0 N–H and O–H groups in total. The molecule has 0 aliphatic heterocycles. The highest BCUT2D eigenvalue weighted by molar-refractivity contribution is 7.98. The Morgan fingerprint density at radius 3 is 2.86 bits per heavy atom. The summed E-state index contributed by atoms with van der Waals surface area (Å²) in [5, 5.41) is 14.5. The number of hydrogen-bond donors (Lipinski definition) is 0. The number of halogens is 1. The van der Waals surface area contributed by atoms with E-state index < -0.39 is 0 Å². The van der Waals surface area contributed by atoms with Gasteiger partial charge >= 0.3 is 0 Å². The van der Waals surface area contributed by atoms with E-state index in [-0.39, 0.29) is 0 Å². The van der Waals surface area contributed by atoms with Crippen molar-refractivity contribution in [2.45, 2.75) is 24.4 Å². The van der Waals surface area contributed by atoms with Crippen molar-refractivity contribution in [3.8, 4) is 11.4 Å². The third kappa shape index (κ3) is 3.18. The number of benzene rings is 1. The van der Waals surface area contributed by atoms with Crippen molar-refractivity contribution in [3.63, 3.8) is 0 Å². The quantitative estimate of drug-likeness (QED) is 0.669. The molecule has 0 aliphatic rings. The summed E-state index contributed by atoms with van der Waals surface area (Å²) < 4.78 is 3.87. The molecule has 0 unspecified atom stereocenters. The van der Waals surface area contributed by atoms with E-state index in [0.29, 0.717) is 0 Å². The minimum atomic E-state index is 0.753. The van der Waals surface area contributed by atoms with Crippen LogP contribution in [0.3, 0.4) is 0 Å². The monoisotopic (exact) mass is 333 g/mol. The molecule has 5 nitrogen and oxygen atoms in total. The van der Waals surface area contributed by atoms with Crippen LogP contribution < -0.4 is 0 Å². The van der Waals surface area contributed by atoms with Gasteiger partial charge in [-0.05, 0) is 24.6 Å². The predicted octanol–water partition coefficient (Wildman–Crippen LogP) is 3.64. The number of aromatic nitrogens is 5. The van der Waals surface area contributed by atoms with Gasteiger partial charge < -0.3 is 4.57 Å². The summed E-state index contributed by atoms with van der Waals surface area (Å²) in [5.41, 5.74) is 2.15. The van der Waals surface area contributed by atoms with Crippen LogP contribution in [0.25, 0.3) is 11.4 Å². The molecule has 2 aromatic heterocycles. The normalized spacial score (nSPS) is 11.0. The molecule has 0 spiro atoms.